The molecule has 0 aliphatic carbocycles. The highest BCUT2D eigenvalue weighted by Gasteiger charge is 2.09. The fourth-order valence-corrected chi connectivity index (χ4v) is 1.77. The van der Waals surface area contributed by atoms with Crippen molar-refractivity contribution in [1.29, 1.82) is 0 Å². The van der Waals surface area contributed by atoms with Crippen LogP contribution in [0.5, 0.6) is 17.5 Å². The summed E-state index contributed by atoms with van der Waals surface area (Å²) < 4.78 is 11.3. The first-order valence-electron chi connectivity index (χ1n) is 6.33. The van der Waals surface area contributed by atoms with Gasteiger partial charge in [-0.05, 0) is 44.5 Å². The Bertz CT molecular complexity index is 615. The number of nitrogen functional groups attached to an aromatic ring is 1. The van der Waals surface area contributed by atoms with Crippen molar-refractivity contribution in [1.82, 2.24) is 4.98 Å². The number of aryl methyl sites for hydroxylation is 1. The van der Waals surface area contributed by atoms with Crippen LogP contribution in [-0.2, 0) is 0 Å². The van der Waals surface area contributed by atoms with Crippen molar-refractivity contribution in [3.05, 3.63) is 40.9 Å². The number of rotatable bonds is 4. The van der Waals surface area contributed by atoms with E-state index in [1.807, 2.05) is 32.9 Å². The number of hydrogen-bond acceptors (Lipinski definition) is 4. The zero-order valence-corrected chi connectivity index (χ0v) is 12.4. The fourth-order valence-electron chi connectivity index (χ4n) is 1.61. The monoisotopic (exact) mass is 292 g/mol. The Kier molecular flexibility index (Phi) is 4.35. The second-order valence-corrected chi connectivity index (χ2v) is 5.16. The number of ether oxygens (including phenoxy) is 2. The molecular formula is C15H17ClN2O2. The maximum Gasteiger partial charge on any atom is 0.240 e. The van der Waals surface area contributed by atoms with Crippen LogP contribution < -0.4 is 15.2 Å². The van der Waals surface area contributed by atoms with Crippen LogP contribution in [0.4, 0.5) is 5.69 Å². The van der Waals surface area contributed by atoms with Crippen LogP contribution in [0.15, 0.2) is 30.3 Å². The largest absolute Gasteiger partial charge is 0.473 e. The average Bonchev–Trinajstić information content (AvgIpc) is 2.37. The quantitative estimate of drug-likeness (QED) is 0.917. The molecule has 0 spiro atoms. The lowest BCUT2D eigenvalue weighted by atomic mass is 10.2. The SMILES string of the molecule is Cc1ccc(Cl)cc1Oc1ccc(N)c(OC(C)C)n1. The van der Waals surface area contributed by atoms with E-state index in [4.69, 9.17) is 26.8 Å². The van der Waals surface area contributed by atoms with Crippen LogP contribution in [0.3, 0.4) is 0 Å². The van der Waals surface area contributed by atoms with E-state index in [0.717, 1.165) is 5.56 Å². The first kappa shape index (κ1) is 14.5. The van der Waals surface area contributed by atoms with Gasteiger partial charge in [0.2, 0.25) is 11.8 Å². The maximum atomic E-state index is 5.96. The van der Waals surface area contributed by atoms with Crippen molar-refractivity contribution in [3.63, 3.8) is 0 Å². The van der Waals surface area contributed by atoms with E-state index in [1.54, 1.807) is 18.2 Å². The summed E-state index contributed by atoms with van der Waals surface area (Å²) in [6.45, 7) is 5.76. The van der Waals surface area contributed by atoms with Crippen LogP contribution in [0.2, 0.25) is 5.02 Å². The Morgan fingerprint density at radius 2 is 1.95 bits per heavy atom. The molecule has 2 aromatic rings. The Morgan fingerprint density at radius 3 is 2.65 bits per heavy atom. The van der Waals surface area contributed by atoms with Gasteiger partial charge in [-0.2, -0.15) is 4.98 Å². The summed E-state index contributed by atoms with van der Waals surface area (Å²) in [6.07, 6.45) is -0.00652. The topological polar surface area (TPSA) is 57.4 Å². The number of benzene rings is 1. The van der Waals surface area contributed by atoms with Gasteiger partial charge in [-0.25, -0.2) is 0 Å². The van der Waals surface area contributed by atoms with Crippen molar-refractivity contribution in [3.8, 4) is 17.5 Å². The molecule has 0 amide bonds. The van der Waals surface area contributed by atoms with Crippen LogP contribution in [0.25, 0.3) is 0 Å². The first-order chi connectivity index (χ1) is 9.45. The molecule has 0 atom stereocenters. The minimum atomic E-state index is -0.00652. The molecule has 0 radical (unpaired) electrons. The highest BCUT2D eigenvalue weighted by molar-refractivity contribution is 6.30. The van der Waals surface area contributed by atoms with E-state index in [2.05, 4.69) is 4.98 Å². The zero-order chi connectivity index (χ0) is 14.7. The molecule has 20 heavy (non-hydrogen) atoms. The number of hydrogen-bond donors (Lipinski definition) is 1. The van der Waals surface area contributed by atoms with Crippen molar-refractivity contribution in [2.24, 2.45) is 0 Å². The molecular weight excluding hydrogens is 276 g/mol. The highest BCUT2D eigenvalue weighted by atomic mass is 35.5. The van der Waals surface area contributed by atoms with Crippen molar-refractivity contribution >= 4 is 17.3 Å². The number of halogens is 1. The number of anilines is 1. The van der Waals surface area contributed by atoms with Crippen molar-refractivity contribution in [2.75, 3.05) is 5.73 Å². The summed E-state index contributed by atoms with van der Waals surface area (Å²) >= 11 is 5.96. The zero-order valence-electron chi connectivity index (χ0n) is 11.7. The molecule has 1 aromatic carbocycles. The lowest BCUT2D eigenvalue weighted by Gasteiger charge is -2.13. The Balaban J connectivity index is 2.27. The third kappa shape index (κ3) is 3.54. The smallest absolute Gasteiger partial charge is 0.240 e. The van der Waals surface area contributed by atoms with Gasteiger partial charge in [0.1, 0.15) is 5.75 Å². The van der Waals surface area contributed by atoms with Gasteiger partial charge in [-0.15, -0.1) is 0 Å². The molecule has 0 saturated carbocycles. The van der Waals surface area contributed by atoms with E-state index < -0.39 is 0 Å². The van der Waals surface area contributed by atoms with Crippen molar-refractivity contribution in [2.45, 2.75) is 26.9 Å². The lowest BCUT2D eigenvalue weighted by molar-refractivity contribution is 0.232. The van der Waals surface area contributed by atoms with Gasteiger partial charge in [0.15, 0.2) is 0 Å². The molecule has 0 fully saturated rings. The second-order valence-electron chi connectivity index (χ2n) is 4.72. The fraction of sp³-hybridized carbons (Fsp3) is 0.267. The van der Waals surface area contributed by atoms with E-state index in [9.17, 15) is 0 Å². The number of pyridine rings is 1. The van der Waals surface area contributed by atoms with E-state index in [1.165, 1.54) is 0 Å². The molecule has 2 rings (SSSR count). The van der Waals surface area contributed by atoms with E-state index in [0.29, 0.717) is 28.2 Å². The molecule has 0 aliphatic rings. The van der Waals surface area contributed by atoms with Crippen LogP contribution in [0, 0.1) is 6.92 Å². The summed E-state index contributed by atoms with van der Waals surface area (Å²) in [7, 11) is 0. The Labute approximate surface area is 123 Å². The summed E-state index contributed by atoms with van der Waals surface area (Å²) in [5.41, 5.74) is 7.27. The van der Waals surface area contributed by atoms with Crippen LogP contribution in [-0.4, -0.2) is 11.1 Å². The first-order valence-corrected chi connectivity index (χ1v) is 6.70. The number of nitrogens with zero attached hydrogens (tertiary/aromatic N) is 1. The summed E-state index contributed by atoms with van der Waals surface area (Å²) in [5, 5.41) is 0.611. The summed E-state index contributed by atoms with van der Waals surface area (Å²) in [4.78, 5) is 4.27. The van der Waals surface area contributed by atoms with Crippen molar-refractivity contribution < 1.29 is 9.47 Å². The van der Waals surface area contributed by atoms with Crippen LogP contribution in [0.1, 0.15) is 19.4 Å². The van der Waals surface area contributed by atoms with E-state index >= 15 is 0 Å². The summed E-state index contributed by atoms with van der Waals surface area (Å²) in [5.74, 6) is 1.45. The Morgan fingerprint density at radius 1 is 1.20 bits per heavy atom. The molecule has 2 N–H and O–H groups in total. The molecule has 106 valence electrons. The van der Waals surface area contributed by atoms with Crippen LogP contribution >= 0.6 is 11.6 Å². The molecule has 0 bridgehead atoms. The van der Waals surface area contributed by atoms with Gasteiger partial charge in [0.05, 0.1) is 11.8 Å². The number of nitrogens with two attached hydrogens (primary N) is 1. The van der Waals surface area contributed by atoms with Gasteiger partial charge < -0.3 is 15.2 Å². The van der Waals surface area contributed by atoms with E-state index in [-0.39, 0.29) is 6.10 Å². The minimum absolute atomic E-state index is 0.00652. The third-order valence-electron chi connectivity index (χ3n) is 2.58. The Hall–Kier alpha value is -1.94. The average molecular weight is 293 g/mol. The molecule has 0 unspecified atom stereocenters. The van der Waals surface area contributed by atoms with Gasteiger partial charge in [0.25, 0.3) is 0 Å². The molecule has 5 heteroatoms. The van der Waals surface area contributed by atoms with Gasteiger partial charge in [-0.3, -0.25) is 0 Å². The molecule has 1 aromatic heterocycles. The maximum absolute atomic E-state index is 5.96. The predicted octanol–water partition coefficient (Wildman–Crippen LogP) is 4.21. The van der Waals surface area contributed by atoms with Gasteiger partial charge >= 0.3 is 0 Å². The normalized spacial score (nSPS) is 10.7. The molecule has 0 saturated heterocycles. The van der Waals surface area contributed by atoms with Gasteiger partial charge in [0, 0.05) is 11.1 Å². The highest BCUT2D eigenvalue weighted by Crippen LogP contribution is 2.30. The lowest BCUT2D eigenvalue weighted by Crippen LogP contribution is -2.09. The molecule has 0 aliphatic heterocycles. The van der Waals surface area contributed by atoms with Gasteiger partial charge in [-0.1, -0.05) is 17.7 Å². The number of aromatic nitrogens is 1. The summed E-state index contributed by atoms with van der Waals surface area (Å²) in [6, 6.07) is 8.86. The third-order valence-corrected chi connectivity index (χ3v) is 2.81. The minimum Gasteiger partial charge on any atom is -0.473 e. The second kappa shape index (κ2) is 6.01. The standard InChI is InChI=1S/C15H17ClN2O2/c1-9(2)19-15-12(17)6-7-14(18-15)20-13-8-11(16)5-4-10(13)3/h4-9H,17H2,1-3H3. The molecule has 4 nitrogen and oxygen atoms in total. The molecule has 1 heterocycles. The predicted molar refractivity (Wildman–Crippen MR) is 80.7 cm³/mol.